The highest BCUT2D eigenvalue weighted by molar-refractivity contribution is 6.33. The lowest BCUT2D eigenvalue weighted by Gasteiger charge is -2.20. The van der Waals surface area contributed by atoms with Gasteiger partial charge in [0.05, 0.1) is 30.0 Å². The van der Waals surface area contributed by atoms with Crippen LogP contribution in [0.2, 0.25) is 5.02 Å². The highest BCUT2D eigenvalue weighted by Gasteiger charge is 2.60. The summed E-state index contributed by atoms with van der Waals surface area (Å²) in [6.45, 7) is 1.42. The normalized spacial score (nSPS) is 12.0. The maximum atomic E-state index is 14.4. The van der Waals surface area contributed by atoms with E-state index in [1.165, 1.54) is 6.92 Å². The number of aromatic nitrogens is 2. The molecule has 0 N–H and O–H groups in total. The summed E-state index contributed by atoms with van der Waals surface area (Å²) < 4.78 is 88.7. The van der Waals surface area contributed by atoms with Crippen LogP contribution >= 0.6 is 11.6 Å². The van der Waals surface area contributed by atoms with Gasteiger partial charge in [-0.25, -0.2) is 13.8 Å². The van der Waals surface area contributed by atoms with Crippen molar-refractivity contribution in [1.29, 1.82) is 0 Å². The van der Waals surface area contributed by atoms with E-state index in [1.807, 2.05) is 0 Å². The zero-order valence-corrected chi connectivity index (χ0v) is 15.4. The third-order valence-corrected chi connectivity index (χ3v) is 3.83. The van der Waals surface area contributed by atoms with Crippen molar-refractivity contribution >= 4 is 17.6 Å². The summed E-state index contributed by atoms with van der Waals surface area (Å²) in [6.07, 6.45) is -6.04. The summed E-state index contributed by atoms with van der Waals surface area (Å²) >= 11 is 5.77. The van der Waals surface area contributed by atoms with E-state index in [1.54, 1.807) is 0 Å². The fourth-order valence-corrected chi connectivity index (χ4v) is 2.43. The minimum atomic E-state index is -6.04. The quantitative estimate of drug-likeness (QED) is 0.517. The monoisotopic (exact) mass is 444 g/mol. The Morgan fingerprint density at radius 2 is 1.83 bits per heavy atom. The van der Waals surface area contributed by atoms with Gasteiger partial charge in [-0.15, -0.1) is 0 Å². The maximum Gasteiger partial charge on any atom is 0.459 e. The molecule has 0 aliphatic carbocycles. The largest absolute Gasteiger partial charge is 0.468 e. The number of methoxy groups -OCH3 is 1. The molecule has 0 spiro atoms. The second-order valence-corrected chi connectivity index (χ2v) is 5.79. The number of ether oxygens (including phenoxy) is 2. The van der Waals surface area contributed by atoms with Crippen LogP contribution in [0.4, 0.5) is 26.3 Å². The van der Waals surface area contributed by atoms with E-state index in [0.29, 0.717) is 6.07 Å². The van der Waals surface area contributed by atoms with Gasteiger partial charge in [0.15, 0.2) is 0 Å². The summed E-state index contributed by atoms with van der Waals surface area (Å²) in [4.78, 5) is 27.2. The fourth-order valence-electron chi connectivity index (χ4n) is 2.20. The number of esters is 1. The topological polar surface area (TPSA) is 70.4 Å². The Labute approximate surface area is 163 Å². The van der Waals surface area contributed by atoms with Crippen molar-refractivity contribution in [2.24, 2.45) is 0 Å². The SMILES string of the molecule is CCOC(=O)c1cc(-n2c(OC)nc(C(F)(F)C(F)(F)F)cc2=O)c(F)cc1Cl. The molecule has 13 heteroatoms. The van der Waals surface area contributed by atoms with Crippen molar-refractivity contribution in [2.45, 2.75) is 19.0 Å². The van der Waals surface area contributed by atoms with Gasteiger partial charge in [-0.1, -0.05) is 11.6 Å². The van der Waals surface area contributed by atoms with Crippen LogP contribution in [0, 0.1) is 5.82 Å². The number of rotatable bonds is 5. The van der Waals surface area contributed by atoms with E-state index in [-0.39, 0.29) is 27.8 Å². The lowest BCUT2D eigenvalue weighted by Crippen LogP contribution is -2.37. The van der Waals surface area contributed by atoms with Crippen LogP contribution in [0.5, 0.6) is 6.01 Å². The van der Waals surface area contributed by atoms with Crippen LogP contribution in [0.15, 0.2) is 23.0 Å². The Hall–Kier alpha value is -2.76. The standard InChI is InChI=1S/C16H11ClF6N2O4/c1-3-29-13(27)7-4-10(9(18)5-8(7)17)25-12(26)6-11(24-14(25)28-2)15(19,20)16(21,22)23/h4-6H,3H2,1-2H3. The molecular weight excluding hydrogens is 434 g/mol. The number of carbonyl (C=O) groups excluding carboxylic acids is 1. The van der Waals surface area contributed by atoms with E-state index in [0.717, 1.165) is 13.2 Å². The minimum absolute atomic E-state index is 0.0616. The van der Waals surface area contributed by atoms with E-state index < -0.39 is 46.8 Å². The second kappa shape index (κ2) is 7.93. The molecule has 0 saturated heterocycles. The molecule has 1 heterocycles. The maximum absolute atomic E-state index is 14.4. The average molecular weight is 445 g/mol. The highest BCUT2D eigenvalue weighted by atomic mass is 35.5. The van der Waals surface area contributed by atoms with Crippen LogP contribution in [0.3, 0.4) is 0 Å². The molecule has 0 atom stereocenters. The van der Waals surface area contributed by atoms with Crippen molar-refractivity contribution in [3.63, 3.8) is 0 Å². The molecule has 0 bridgehead atoms. The minimum Gasteiger partial charge on any atom is -0.468 e. The van der Waals surface area contributed by atoms with Crippen molar-refractivity contribution in [2.75, 3.05) is 13.7 Å². The van der Waals surface area contributed by atoms with E-state index in [2.05, 4.69) is 9.72 Å². The van der Waals surface area contributed by atoms with Crippen molar-refractivity contribution < 1.29 is 40.6 Å². The van der Waals surface area contributed by atoms with Gasteiger partial charge in [0.25, 0.3) is 5.56 Å². The molecule has 0 fully saturated rings. The third kappa shape index (κ3) is 4.16. The second-order valence-electron chi connectivity index (χ2n) is 5.38. The molecule has 158 valence electrons. The predicted molar refractivity (Wildman–Crippen MR) is 87.3 cm³/mol. The zero-order chi connectivity index (χ0) is 22.1. The summed E-state index contributed by atoms with van der Waals surface area (Å²) in [7, 11) is 0.813. The van der Waals surface area contributed by atoms with Gasteiger partial charge in [0.1, 0.15) is 11.5 Å². The third-order valence-electron chi connectivity index (χ3n) is 3.52. The van der Waals surface area contributed by atoms with Gasteiger partial charge >= 0.3 is 24.1 Å². The number of hydrogen-bond acceptors (Lipinski definition) is 5. The van der Waals surface area contributed by atoms with Crippen LogP contribution in [-0.2, 0) is 10.7 Å². The van der Waals surface area contributed by atoms with Crippen LogP contribution in [-0.4, -0.2) is 35.4 Å². The lowest BCUT2D eigenvalue weighted by molar-refractivity contribution is -0.291. The molecule has 2 aromatic rings. The summed E-state index contributed by atoms with van der Waals surface area (Å²) in [5.41, 5.74) is -4.58. The first-order valence-corrected chi connectivity index (χ1v) is 8.02. The highest BCUT2D eigenvalue weighted by Crippen LogP contribution is 2.43. The first-order valence-electron chi connectivity index (χ1n) is 7.64. The van der Waals surface area contributed by atoms with Gasteiger partial charge < -0.3 is 9.47 Å². The summed E-state index contributed by atoms with van der Waals surface area (Å²) in [6, 6.07) is 0.192. The number of alkyl halides is 5. The van der Waals surface area contributed by atoms with Crippen molar-refractivity contribution in [3.8, 4) is 11.7 Å². The van der Waals surface area contributed by atoms with Crippen LogP contribution < -0.4 is 10.3 Å². The number of benzene rings is 1. The summed E-state index contributed by atoms with van der Waals surface area (Å²) in [5.74, 6) is -7.66. The molecule has 29 heavy (non-hydrogen) atoms. The van der Waals surface area contributed by atoms with Gasteiger partial charge in [0.2, 0.25) is 0 Å². The molecule has 0 aliphatic heterocycles. The Bertz CT molecular complexity index is 1010. The average Bonchev–Trinajstić information content (AvgIpc) is 2.60. The fraction of sp³-hybridized carbons (Fsp3) is 0.312. The van der Waals surface area contributed by atoms with Gasteiger partial charge in [-0.3, -0.25) is 4.79 Å². The molecule has 2 rings (SSSR count). The molecule has 0 unspecified atom stereocenters. The summed E-state index contributed by atoms with van der Waals surface area (Å²) in [5, 5.41) is -0.384. The molecule has 0 aliphatic rings. The Morgan fingerprint density at radius 1 is 1.21 bits per heavy atom. The van der Waals surface area contributed by atoms with Gasteiger partial charge in [-0.05, 0) is 19.1 Å². The predicted octanol–water partition coefficient (Wildman–Crippen LogP) is 3.86. The zero-order valence-electron chi connectivity index (χ0n) is 14.6. The molecule has 0 saturated carbocycles. The lowest BCUT2D eigenvalue weighted by atomic mass is 10.1. The molecule has 6 nitrogen and oxygen atoms in total. The Morgan fingerprint density at radius 3 is 2.34 bits per heavy atom. The number of hydrogen-bond donors (Lipinski definition) is 0. The van der Waals surface area contributed by atoms with E-state index >= 15 is 0 Å². The van der Waals surface area contributed by atoms with Crippen molar-refractivity contribution in [1.82, 2.24) is 9.55 Å². The smallest absolute Gasteiger partial charge is 0.459 e. The number of carbonyl (C=O) groups is 1. The molecule has 0 amide bonds. The van der Waals surface area contributed by atoms with Crippen LogP contribution in [0.1, 0.15) is 23.0 Å². The first-order chi connectivity index (χ1) is 13.3. The Balaban J connectivity index is 2.75. The molecule has 1 aromatic heterocycles. The molecule has 0 radical (unpaired) electrons. The van der Waals surface area contributed by atoms with Crippen LogP contribution in [0.25, 0.3) is 5.69 Å². The van der Waals surface area contributed by atoms with Gasteiger partial charge in [-0.2, -0.15) is 26.9 Å². The number of halogens is 7. The van der Waals surface area contributed by atoms with Gasteiger partial charge in [0, 0.05) is 6.07 Å². The van der Waals surface area contributed by atoms with E-state index in [4.69, 9.17) is 16.3 Å². The Kier molecular flexibility index (Phi) is 6.16. The number of nitrogens with zero attached hydrogens (tertiary/aromatic N) is 2. The first kappa shape index (κ1) is 22.5. The molecule has 1 aromatic carbocycles. The van der Waals surface area contributed by atoms with Crippen molar-refractivity contribution in [3.05, 3.63) is 50.7 Å². The molecular formula is C16H11ClF6N2O4. The van der Waals surface area contributed by atoms with E-state index in [9.17, 15) is 35.9 Å².